The van der Waals surface area contributed by atoms with Crippen molar-refractivity contribution in [3.8, 4) is 0 Å². The van der Waals surface area contributed by atoms with Gasteiger partial charge in [0.25, 0.3) is 0 Å². The van der Waals surface area contributed by atoms with Gasteiger partial charge in [0.1, 0.15) is 0 Å². The molecule has 0 radical (unpaired) electrons. The van der Waals surface area contributed by atoms with E-state index in [1.807, 2.05) is 14.1 Å². The fourth-order valence-corrected chi connectivity index (χ4v) is 1.35. The van der Waals surface area contributed by atoms with Crippen LogP contribution in [0.25, 0.3) is 0 Å². The quantitative estimate of drug-likeness (QED) is 0.743. The van der Waals surface area contributed by atoms with E-state index >= 15 is 0 Å². The van der Waals surface area contributed by atoms with Gasteiger partial charge in [0.15, 0.2) is 0 Å². The van der Waals surface area contributed by atoms with E-state index < -0.39 is 0 Å². The van der Waals surface area contributed by atoms with Crippen LogP contribution in [0.15, 0.2) is 18.2 Å². The van der Waals surface area contributed by atoms with E-state index in [4.69, 9.17) is 0 Å². The first kappa shape index (κ1) is 9.90. The smallest absolute Gasteiger partial charge is 0.0576 e. The van der Waals surface area contributed by atoms with Gasteiger partial charge in [0.2, 0.25) is 0 Å². The molecule has 0 unspecified atom stereocenters. The van der Waals surface area contributed by atoms with E-state index in [1.54, 1.807) is 0 Å². The lowest BCUT2D eigenvalue weighted by molar-refractivity contribution is 0.867. The Kier molecular flexibility index (Phi) is 3.18. The van der Waals surface area contributed by atoms with Crippen LogP contribution in [0.4, 0.5) is 11.4 Å². The second-order valence-corrected chi connectivity index (χ2v) is 3.46. The molecule has 1 aromatic carbocycles. The first-order valence-electron chi connectivity index (χ1n) is 4.68. The Balaban J connectivity index is 3.05. The Morgan fingerprint density at radius 3 is 2.08 bits per heavy atom. The molecule has 1 rings (SSSR count). The summed E-state index contributed by atoms with van der Waals surface area (Å²) < 4.78 is 0. The zero-order valence-electron chi connectivity index (χ0n) is 8.81. The minimum Gasteiger partial charge on any atom is -0.386 e. The molecule has 0 heterocycles. The summed E-state index contributed by atoms with van der Waals surface area (Å²) in [6.45, 7) is 4.40. The van der Waals surface area contributed by atoms with Crippen molar-refractivity contribution in [2.24, 2.45) is 0 Å². The van der Waals surface area contributed by atoms with Crippen LogP contribution in [0.3, 0.4) is 0 Å². The summed E-state index contributed by atoms with van der Waals surface area (Å²) in [4.78, 5) is 0. The molecule has 1 aromatic rings. The van der Waals surface area contributed by atoms with Gasteiger partial charge >= 0.3 is 0 Å². The van der Waals surface area contributed by atoms with Gasteiger partial charge in [0.05, 0.1) is 11.4 Å². The summed E-state index contributed by atoms with van der Waals surface area (Å²) in [5.74, 6) is 0.581. The van der Waals surface area contributed by atoms with Crippen molar-refractivity contribution < 1.29 is 0 Å². The first-order chi connectivity index (χ1) is 6.19. The molecule has 0 amide bonds. The number of rotatable bonds is 3. The Labute approximate surface area is 80.4 Å². The van der Waals surface area contributed by atoms with Crippen LogP contribution in [0.1, 0.15) is 25.3 Å². The number of nitrogens with one attached hydrogen (secondary N) is 2. The van der Waals surface area contributed by atoms with Crippen molar-refractivity contribution in [2.45, 2.75) is 19.8 Å². The molecular weight excluding hydrogens is 160 g/mol. The van der Waals surface area contributed by atoms with Gasteiger partial charge in [-0.3, -0.25) is 0 Å². The standard InChI is InChI=1S/C11H18N2/c1-8(2)9-5-6-10(12-3)11(7-9)13-4/h5-8,12-13H,1-4H3. The zero-order chi connectivity index (χ0) is 9.84. The number of hydrogen-bond acceptors (Lipinski definition) is 2. The maximum absolute atomic E-state index is 3.18. The van der Waals surface area contributed by atoms with E-state index in [1.165, 1.54) is 5.56 Å². The van der Waals surface area contributed by atoms with Crippen molar-refractivity contribution >= 4 is 11.4 Å². The third kappa shape index (κ3) is 2.14. The van der Waals surface area contributed by atoms with Crippen LogP contribution in [0, 0.1) is 0 Å². The summed E-state index contributed by atoms with van der Waals surface area (Å²) in [5.41, 5.74) is 3.67. The average Bonchev–Trinajstić information content (AvgIpc) is 2.16. The molecule has 0 spiro atoms. The molecule has 2 nitrogen and oxygen atoms in total. The highest BCUT2D eigenvalue weighted by Crippen LogP contribution is 2.25. The van der Waals surface area contributed by atoms with Crippen molar-refractivity contribution in [3.05, 3.63) is 23.8 Å². The monoisotopic (exact) mass is 178 g/mol. The Hall–Kier alpha value is -1.18. The molecule has 0 atom stereocenters. The first-order valence-corrected chi connectivity index (χ1v) is 4.68. The van der Waals surface area contributed by atoms with Gasteiger partial charge in [-0.05, 0) is 23.6 Å². The van der Waals surface area contributed by atoms with Crippen molar-refractivity contribution in [1.29, 1.82) is 0 Å². The second-order valence-electron chi connectivity index (χ2n) is 3.46. The molecule has 72 valence electrons. The summed E-state index contributed by atoms with van der Waals surface area (Å²) in [6.07, 6.45) is 0. The molecule has 2 heteroatoms. The van der Waals surface area contributed by atoms with Gasteiger partial charge < -0.3 is 10.6 Å². The number of anilines is 2. The molecule has 0 aliphatic carbocycles. The van der Waals surface area contributed by atoms with E-state index in [0.29, 0.717) is 5.92 Å². The minimum atomic E-state index is 0.581. The van der Waals surface area contributed by atoms with Crippen LogP contribution in [0.2, 0.25) is 0 Å². The van der Waals surface area contributed by atoms with Crippen molar-refractivity contribution in [3.63, 3.8) is 0 Å². The van der Waals surface area contributed by atoms with E-state index in [2.05, 4.69) is 42.7 Å². The largest absolute Gasteiger partial charge is 0.386 e. The number of hydrogen-bond donors (Lipinski definition) is 2. The van der Waals surface area contributed by atoms with E-state index in [-0.39, 0.29) is 0 Å². The topological polar surface area (TPSA) is 24.1 Å². The molecule has 0 aliphatic rings. The maximum atomic E-state index is 3.18. The molecular formula is C11H18N2. The summed E-state index contributed by atoms with van der Waals surface area (Å²) in [6, 6.07) is 6.47. The SMILES string of the molecule is CNc1ccc(C(C)C)cc1NC. The highest BCUT2D eigenvalue weighted by atomic mass is 14.9. The molecule has 2 N–H and O–H groups in total. The van der Waals surface area contributed by atoms with Crippen molar-refractivity contribution in [1.82, 2.24) is 0 Å². The highest BCUT2D eigenvalue weighted by molar-refractivity contribution is 5.69. The van der Waals surface area contributed by atoms with Gasteiger partial charge in [-0.15, -0.1) is 0 Å². The van der Waals surface area contributed by atoms with Crippen LogP contribution in [-0.4, -0.2) is 14.1 Å². The predicted octanol–water partition coefficient (Wildman–Crippen LogP) is 2.89. The molecule has 13 heavy (non-hydrogen) atoms. The van der Waals surface area contributed by atoms with Gasteiger partial charge in [-0.25, -0.2) is 0 Å². The lowest BCUT2D eigenvalue weighted by Crippen LogP contribution is -1.98. The molecule has 0 bridgehead atoms. The molecule has 0 fully saturated rings. The number of benzene rings is 1. The third-order valence-corrected chi connectivity index (χ3v) is 2.25. The fourth-order valence-electron chi connectivity index (χ4n) is 1.35. The Bertz CT molecular complexity index is 279. The lowest BCUT2D eigenvalue weighted by atomic mass is 10.0. The molecule has 0 saturated heterocycles. The van der Waals surface area contributed by atoms with Crippen LogP contribution >= 0.6 is 0 Å². The van der Waals surface area contributed by atoms with Crippen LogP contribution in [-0.2, 0) is 0 Å². The second kappa shape index (κ2) is 4.17. The summed E-state index contributed by atoms with van der Waals surface area (Å²) >= 11 is 0. The average molecular weight is 178 g/mol. The normalized spacial score (nSPS) is 10.2. The predicted molar refractivity (Wildman–Crippen MR) is 59.6 cm³/mol. The van der Waals surface area contributed by atoms with Gasteiger partial charge in [-0.1, -0.05) is 19.9 Å². The Morgan fingerprint density at radius 2 is 1.62 bits per heavy atom. The Morgan fingerprint density at radius 1 is 1.00 bits per heavy atom. The van der Waals surface area contributed by atoms with E-state index in [0.717, 1.165) is 11.4 Å². The van der Waals surface area contributed by atoms with Crippen molar-refractivity contribution in [2.75, 3.05) is 24.7 Å². The third-order valence-electron chi connectivity index (χ3n) is 2.25. The van der Waals surface area contributed by atoms with Gasteiger partial charge in [-0.2, -0.15) is 0 Å². The highest BCUT2D eigenvalue weighted by Gasteiger charge is 2.03. The summed E-state index contributed by atoms with van der Waals surface area (Å²) in [7, 11) is 3.88. The van der Waals surface area contributed by atoms with E-state index in [9.17, 15) is 0 Å². The maximum Gasteiger partial charge on any atom is 0.0576 e. The van der Waals surface area contributed by atoms with Crippen LogP contribution < -0.4 is 10.6 Å². The molecule has 0 aromatic heterocycles. The fraction of sp³-hybridized carbons (Fsp3) is 0.455. The lowest BCUT2D eigenvalue weighted by Gasteiger charge is -2.12. The molecule has 0 saturated carbocycles. The molecule has 0 aliphatic heterocycles. The summed E-state index contributed by atoms with van der Waals surface area (Å²) in [5, 5.41) is 6.33. The minimum absolute atomic E-state index is 0.581. The van der Waals surface area contributed by atoms with Gasteiger partial charge in [0, 0.05) is 14.1 Å². The zero-order valence-corrected chi connectivity index (χ0v) is 8.81. The van der Waals surface area contributed by atoms with Crippen LogP contribution in [0.5, 0.6) is 0 Å².